The lowest BCUT2D eigenvalue weighted by molar-refractivity contribution is -0.145. The van der Waals surface area contributed by atoms with E-state index in [0.717, 1.165) is 6.33 Å². The summed E-state index contributed by atoms with van der Waals surface area (Å²) in [6.45, 7) is 1.41. The van der Waals surface area contributed by atoms with Gasteiger partial charge in [-0.3, -0.25) is 4.79 Å². The van der Waals surface area contributed by atoms with Gasteiger partial charge in [-0.15, -0.1) is 0 Å². The third kappa shape index (κ3) is 2.01. The average Bonchev–Trinajstić information content (AvgIpc) is 2.32. The summed E-state index contributed by atoms with van der Waals surface area (Å²) in [6.07, 6.45) is -0.126. The molecule has 6 heteroatoms. The molecule has 1 rings (SSSR count). The number of hydrogen-bond donors (Lipinski definition) is 2. The van der Waals surface area contributed by atoms with Crippen LogP contribution in [0, 0.1) is 6.92 Å². The highest BCUT2D eigenvalue weighted by Crippen LogP contribution is 2.31. The van der Waals surface area contributed by atoms with Crippen molar-refractivity contribution in [3.8, 4) is 0 Å². The number of aromatic amines is 1. The number of halogens is 2. The molecule has 1 heterocycles. The Morgan fingerprint density at radius 1 is 1.77 bits per heavy atom. The van der Waals surface area contributed by atoms with E-state index in [9.17, 15) is 13.6 Å². The van der Waals surface area contributed by atoms with Crippen LogP contribution in [0.2, 0.25) is 0 Å². The van der Waals surface area contributed by atoms with E-state index in [-0.39, 0.29) is 5.69 Å². The van der Waals surface area contributed by atoms with Gasteiger partial charge in [-0.05, 0) is 6.92 Å². The average molecular weight is 190 g/mol. The minimum Gasteiger partial charge on any atom is -0.481 e. The van der Waals surface area contributed by atoms with Crippen molar-refractivity contribution in [3.63, 3.8) is 0 Å². The summed E-state index contributed by atoms with van der Waals surface area (Å²) < 4.78 is 26.1. The molecule has 0 aromatic carbocycles. The van der Waals surface area contributed by atoms with E-state index in [1.54, 1.807) is 0 Å². The lowest BCUT2D eigenvalue weighted by atomic mass is 10.1. The third-order valence-corrected chi connectivity index (χ3v) is 1.55. The summed E-state index contributed by atoms with van der Waals surface area (Å²) in [5.41, 5.74) is -0.318. The van der Waals surface area contributed by atoms with E-state index < -0.39 is 24.0 Å². The number of rotatable bonds is 3. The Morgan fingerprint density at radius 2 is 2.38 bits per heavy atom. The van der Waals surface area contributed by atoms with E-state index in [2.05, 4.69) is 9.97 Å². The molecule has 0 aliphatic heterocycles. The summed E-state index contributed by atoms with van der Waals surface area (Å²) in [4.78, 5) is 15.9. The number of carbonyl (C=O) groups is 1. The predicted octanol–water partition coefficient (Wildman–Crippen LogP) is 1.28. The molecule has 0 bridgehead atoms. The lowest BCUT2D eigenvalue weighted by Gasteiger charge is -2.11. The molecule has 0 saturated carbocycles. The van der Waals surface area contributed by atoms with E-state index in [1.807, 2.05) is 0 Å². The Balaban J connectivity index is 2.93. The molecule has 0 aliphatic rings. The first-order valence-electron chi connectivity index (χ1n) is 3.53. The highest BCUT2D eigenvalue weighted by atomic mass is 19.3. The highest BCUT2D eigenvalue weighted by Gasteiger charge is 2.38. The van der Waals surface area contributed by atoms with Crippen molar-refractivity contribution in [1.29, 1.82) is 0 Å². The molecular weight excluding hydrogens is 182 g/mol. The van der Waals surface area contributed by atoms with Gasteiger partial charge in [0.1, 0.15) is 12.1 Å². The molecule has 0 spiro atoms. The van der Waals surface area contributed by atoms with E-state index in [0.29, 0.717) is 0 Å². The molecule has 2 N–H and O–H groups in total. The van der Waals surface area contributed by atoms with Crippen molar-refractivity contribution in [2.24, 2.45) is 0 Å². The minimum absolute atomic E-state index is 0.186. The zero-order chi connectivity index (χ0) is 10.1. The Morgan fingerprint density at radius 3 is 2.77 bits per heavy atom. The van der Waals surface area contributed by atoms with Crippen molar-refractivity contribution < 1.29 is 18.7 Å². The first kappa shape index (κ1) is 9.63. The molecule has 0 aliphatic carbocycles. The van der Waals surface area contributed by atoms with Gasteiger partial charge in [0.15, 0.2) is 0 Å². The van der Waals surface area contributed by atoms with Gasteiger partial charge in [0.25, 0.3) is 0 Å². The third-order valence-electron chi connectivity index (χ3n) is 1.55. The van der Waals surface area contributed by atoms with Crippen molar-refractivity contribution in [2.75, 3.05) is 0 Å². The Bertz CT molecular complexity index is 322. The van der Waals surface area contributed by atoms with E-state index >= 15 is 0 Å². The van der Waals surface area contributed by atoms with Gasteiger partial charge in [-0.2, -0.15) is 8.78 Å². The van der Waals surface area contributed by atoms with Crippen molar-refractivity contribution >= 4 is 5.97 Å². The van der Waals surface area contributed by atoms with Crippen LogP contribution in [0.25, 0.3) is 0 Å². The van der Waals surface area contributed by atoms with Crippen molar-refractivity contribution in [2.45, 2.75) is 19.3 Å². The second-order valence-corrected chi connectivity index (χ2v) is 2.65. The molecule has 0 radical (unpaired) electrons. The molecule has 72 valence electrons. The number of aromatic nitrogens is 2. The largest absolute Gasteiger partial charge is 0.481 e. The number of nitrogens with one attached hydrogen (secondary N) is 1. The van der Waals surface area contributed by atoms with Crippen LogP contribution in [0.4, 0.5) is 8.78 Å². The highest BCUT2D eigenvalue weighted by molar-refractivity contribution is 5.68. The van der Waals surface area contributed by atoms with Crippen molar-refractivity contribution in [3.05, 3.63) is 17.7 Å². The molecule has 0 atom stereocenters. The minimum atomic E-state index is -3.41. The van der Waals surface area contributed by atoms with Crippen LogP contribution in [-0.4, -0.2) is 21.0 Å². The Kier molecular flexibility index (Phi) is 2.31. The molecule has 1 aromatic rings. The van der Waals surface area contributed by atoms with Gasteiger partial charge in [0, 0.05) is 5.69 Å². The first-order valence-corrected chi connectivity index (χ1v) is 3.53. The topological polar surface area (TPSA) is 66.0 Å². The van der Waals surface area contributed by atoms with Crippen LogP contribution in [-0.2, 0) is 10.7 Å². The van der Waals surface area contributed by atoms with Gasteiger partial charge < -0.3 is 10.1 Å². The van der Waals surface area contributed by atoms with Crippen LogP contribution in [0.1, 0.15) is 17.8 Å². The predicted molar refractivity (Wildman–Crippen MR) is 39.5 cm³/mol. The first-order chi connectivity index (χ1) is 5.93. The number of aryl methyl sites for hydroxylation is 1. The lowest BCUT2D eigenvalue weighted by Crippen LogP contribution is -2.20. The molecule has 0 amide bonds. The van der Waals surface area contributed by atoms with Gasteiger partial charge in [-0.25, -0.2) is 4.98 Å². The maximum Gasteiger partial charge on any atom is 0.309 e. The molecule has 4 nitrogen and oxygen atoms in total. The summed E-state index contributed by atoms with van der Waals surface area (Å²) in [5, 5.41) is 8.22. The maximum atomic E-state index is 13.0. The monoisotopic (exact) mass is 190 g/mol. The number of carboxylic acids is 1. The number of hydrogen-bond acceptors (Lipinski definition) is 2. The number of imidazole rings is 1. The second-order valence-electron chi connectivity index (χ2n) is 2.65. The normalized spacial score (nSPS) is 11.6. The smallest absolute Gasteiger partial charge is 0.309 e. The number of carboxylic acid groups (broad SMARTS) is 1. The summed E-state index contributed by atoms with van der Waals surface area (Å²) in [7, 11) is 0. The van der Waals surface area contributed by atoms with Crippen LogP contribution in [0.5, 0.6) is 0 Å². The van der Waals surface area contributed by atoms with E-state index in [1.165, 1.54) is 6.92 Å². The molecule has 13 heavy (non-hydrogen) atoms. The SMILES string of the molecule is Cc1[nH]cnc1C(F)(F)CC(=O)O. The van der Waals surface area contributed by atoms with Gasteiger partial charge in [0.2, 0.25) is 0 Å². The number of H-pyrrole nitrogens is 1. The fraction of sp³-hybridized carbons (Fsp3) is 0.429. The van der Waals surface area contributed by atoms with Crippen LogP contribution in [0.3, 0.4) is 0 Å². The van der Waals surface area contributed by atoms with Gasteiger partial charge in [0.05, 0.1) is 6.33 Å². The molecule has 0 fully saturated rings. The molecular formula is C7H8F2N2O2. The van der Waals surface area contributed by atoms with Crippen molar-refractivity contribution in [1.82, 2.24) is 9.97 Å². The molecule has 0 saturated heterocycles. The fourth-order valence-electron chi connectivity index (χ4n) is 1.00. The number of aliphatic carboxylic acids is 1. The van der Waals surface area contributed by atoms with Crippen LogP contribution in [0.15, 0.2) is 6.33 Å². The maximum absolute atomic E-state index is 13.0. The Hall–Kier alpha value is -1.46. The second kappa shape index (κ2) is 3.12. The summed E-state index contributed by atoms with van der Waals surface area (Å²) in [6, 6.07) is 0. The zero-order valence-corrected chi connectivity index (χ0v) is 6.84. The van der Waals surface area contributed by atoms with E-state index in [4.69, 9.17) is 5.11 Å². The van der Waals surface area contributed by atoms with Gasteiger partial charge >= 0.3 is 11.9 Å². The number of nitrogens with zero attached hydrogens (tertiary/aromatic N) is 1. The molecule has 1 aromatic heterocycles. The number of alkyl halides is 2. The van der Waals surface area contributed by atoms with Gasteiger partial charge in [-0.1, -0.05) is 0 Å². The Labute approximate surface area is 72.6 Å². The van der Waals surface area contributed by atoms with Crippen LogP contribution >= 0.6 is 0 Å². The summed E-state index contributed by atoms with van der Waals surface area (Å²) in [5.74, 6) is -4.96. The summed E-state index contributed by atoms with van der Waals surface area (Å²) >= 11 is 0. The quantitative estimate of drug-likeness (QED) is 0.754. The fourth-order valence-corrected chi connectivity index (χ4v) is 1.00. The molecule has 0 unspecified atom stereocenters. The van der Waals surface area contributed by atoms with Crippen LogP contribution < -0.4 is 0 Å². The standard InChI is InChI=1S/C7H8F2N2O2/c1-4-6(11-3-10-4)7(8,9)2-5(12)13/h3H,2H2,1H3,(H,10,11)(H,12,13). The zero-order valence-electron chi connectivity index (χ0n) is 6.84.